The molecule has 0 spiro atoms. The largest absolute Gasteiger partial charge is 0.342 e. The van der Waals surface area contributed by atoms with Gasteiger partial charge in [-0.2, -0.15) is 0 Å². The molecule has 1 unspecified atom stereocenters. The third-order valence-corrected chi connectivity index (χ3v) is 3.66. The molecule has 0 N–H and O–H groups in total. The van der Waals surface area contributed by atoms with Crippen molar-refractivity contribution in [3.8, 4) is 0 Å². The van der Waals surface area contributed by atoms with E-state index in [1.165, 1.54) is 18.4 Å². The van der Waals surface area contributed by atoms with Crippen LogP contribution >= 0.6 is 0 Å². The standard InChI is InChI=1S/C14H17NO/c16-14-8-13(12-4-2-1-3-5-12)10-15(14)9-11-6-7-11/h1-5,11,13H,6-10H2. The summed E-state index contributed by atoms with van der Waals surface area (Å²) in [4.78, 5) is 13.9. The Morgan fingerprint density at radius 3 is 2.62 bits per heavy atom. The summed E-state index contributed by atoms with van der Waals surface area (Å²) in [5, 5.41) is 0. The quantitative estimate of drug-likeness (QED) is 0.758. The Balaban J connectivity index is 1.68. The molecular weight excluding hydrogens is 198 g/mol. The highest BCUT2D eigenvalue weighted by atomic mass is 16.2. The zero-order valence-electron chi connectivity index (χ0n) is 9.43. The Bertz CT molecular complexity index is 383. The average Bonchev–Trinajstić information content (AvgIpc) is 3.05. The monoisotopic (exact) mass is 215 g/mol. The van der Waals surface area contributed by atoms with Gasteiger partial charge in [-0.25, -0.2) is 0 Å². The van der Waals surface area contributed by atoms with Crippen LogP contribution in [0.25, 0.3) is 0 Å². The summed E-state index contributed by atoms with van der Waals surface area (Å²) in [6.07, 6.45) is 3.34. The highest BCUT2D eigenvalue weighted by Crippen LogP contribution is 2.34. The number of nitrogens with zero attached hydrogens (tertiary/aromatic N) is 1. The van der Waals surface area contributed by atoms with Gasteiger partial charge in [0.05, 0.1) is 0 Å². The highest BCUT2D eigenvalue weighted by Gasteiger charge is 2.34. The van der Waals surface area contributed by atoms with E-state index in [0.29, 0.717) is 18.2 Å². The Labute approximate surface area is 96.3 Å². The van der Waals surface area contributed by atoms with E-state index >= 15 is 0 Å². The second kappa shape index (κ2) is 3.93. The van der Waals surface area contributed by atoms with Gasteiger partial charge in [0.15, 0.2) is 0 Å². The van der Waals surface area contributed by atoms with Gasteiger partial charge in [0.1, 0.15) is 0 Å². The van der Waals surface area contributed by atoms with Gasteiger partial charge in [-0.15, -0.1) is 0 Å². The van der Waals surface area contributed by atoms with Gasteiger partial charge in [-0.05, 0) is 24.3 Å². The predicted molar refractivity (Wildman–Crippen MR) is 63.1 cm³/mol. The van der Waals surface area contributed by atoms with Crippen molar-refractivity contribution in [3.05, 3.63) is 35.9 Å². The fourth-order valence-corrected chi connectivity index (χ4v) is 2.51. The molecule has 3 rings (SSSR count). The van der Waals surface area contributed by atoms with Crippen molar-refractivity contribution >= 4 is 5.91 Å². The molecule has 1 aromatic carbocycles. The molecule has 16 heavy (non-hydrogen) atoms. The Kier molecular flexibility index (Phi) is 2.43. The Morgan fingerprint density at radius 1 is 1.19 bits per heavy atom. The minimum absolute atomic E-state index is 0.348. The second-order valence-corrected chi connectivity index (χ2v) is 5.05. The van der Waals surface area contributed by atoms with Crippen LogP contribution in [0.15, 0.2) is 30.3 Å². The van der Waals surface area contributed by atoms with E-state index < -0.39 is 0 Å². The summed E-state index contributed by atoms with van der Waals surface area (Å²) < 4.78 is 0. The van der Waals surface area contributed by atoms with Crippen LogP contribution in [0.4, 0.5) is 0 Å². The molecule has 2 fully saturated rings. The van der Waals surface area contributed by atoms with Crippen molar-refractivity contribution in [3.63, 3.8) is 0 Å². The number of amides is 1. The van der Waals surface area contributed by atoms with Crippen molar-refractivity contribution < 1.29 is 4.79 Å². The molecule has 1 aliphatic carbocycles. The van der Waals surface area contributed by atoms with Crippen LogP contribution < -0.4 is 0 Å². The lowest BCUT2D eigenvalue weighted by Gasteiger charge is -2.16. The summed E-state index contributed by atoms with van der Waals surface area (Å²) in [6.45, 7) is 1.93. The van der Waals surface area contributed by atoms with E-state index in [1.54, 1.807) is 0 Å². The molecule has 1 atom stereocenters. The summed E-state index contributed by atoms with van der Waals surface area (Å²) in [6, 6.07) is 10.4. The first-order chi connectivity index (χ1) is 7.83. The van der Waals surface area contributed by atoms with Crippen molar-refractivity contribution in [2.24, 2.45) is 5.92 Å². The third kappa shape index (κ3) is 1.97. The fraction of sp³-hybridized carbons (Fsp3) is 0.500. The summed E-state index contributed by atoms with van der Waals surface area (Å²) in [5.74, 6) is 1.58. The van der Waals surface area contributed by atoms with Crippen LogP contribution in [-0.4, -0.2) is 23.9 Å². The molecule has 2 aliphatic rings. The SMILES string of the molecule is O=C1CC(c2ccccc2)CN1CC1CC1. The van der Waals surface area contributed by atoms with Crippen LogP contribution in [-0.2, 0) is 4.79 Å². The fourth-order valence-electron chi connectivity index (χ4n) is 2.51. The zero-order valence-corrected chi connectivity index (χ0v) is 9.43. The van der Waals surface area contributed by atoms with E-state index in [2.05, 4.69) is 29.2 Å². The minimum Gasteiger partial charge on any atom is -0.342 e. The smallest absolute Gasteiger partial charge is 0.223 e. The number of rotatable bonds is 3. The lowest BCUT2D eigenvalue weighted by Crippen LogP contribution is -2.27. The molecule has 84 valence electrons. The van der Waals surface area contributed by atoms with E-state index in [9.17, 15) is 4.79 Å². The average molecular weight is 215 g/mol. The van der Waals surface area contributed by atoms with Crippen molar-refractivity contribution in [1.29, 1.82) is 0 Å². The summed E-state index contributed by atoms with van der Waals surface area (Å²) in [7, 11) is 0. The molecule has 2 heteroatoms. The molecule has 0 aromatic heterocycles. The molecule has 1 amide bonds. The van der Waals surface area contributed by atoms with Gasteiger partial charge >= 0.3 is 0 Å². The topological polar surface area (TPSA) is 20.3 Å². The molecule has 2 nitrogen and oxygen atoms in total. The molecular formula is C14H17NO. The van der Waals surface area contributed by atoms with Crippen LogP contribution in [0.1, 0.15) is 30.7 Å². The molecule has 1 aliphatic heterocycles. The normalized spacial score (nSPS) is 25.1. The van der Waals surface area contributed by atoms with E-state index in [1.807, 2.05) is 6.07 Å². The van der Waals surface area contributed by atoms with Crippen molar-refractivity contribution in [2.75, 3.05) is 13.1 Å². The highest BCUT2D eigenvalue weighted by molar-refractivity contribution is 5.79. The molecule has 1 heterocycles. The number of carbonyl (C=O) groups is 1. The Morgan fingerprint density at radius 2 is 1.94 bits per heavy atom. The van der Waals surface area contributed by atoms with Gasteiger partial charge in [0.25, 0.3) is 0 Å². The lowest BCUT2D eigenvalue weighted by molar-refractivity contribution is -0.127. The maximum Gasteiger partial charge on any atom is 0.223 e. The number of hydrogen-bond acceptors (Lipinski definition) is 1. The van der Waals surface area contributed by atoms with E-state index in [0.717, 1.165) is 19.0 Å². The maximum absolute atomic E-state index is 11.8. The third-order valence-electron chi connectivity index (χ3n) is 3.66. The summed E-state index contributed by atoms with van der Waals surface area (Å²) >= 11 is 0. The zero-order chi connectivity index (χ0) is 11.0. The van der Waals surface area contributed by atoms with Crippen LogP contribution in [0.3, 0.4) is 0 Å². The van der Waals surface area contributed by atoms with E-state index in [-0.39, 0.29) is 0 Å². The first-order valence-corrected chi connectivity index (χ1v) is 6.15. The lowest BCUT2D eigenvalue weighted by atomic mass is 9.99. The first kappa shape index (κ1) is 9.88. The molecule has 1 saturated carbocycles. The van der Waals surface area contributed by atoms with Gasteiger partial charge in [-0.3, -0.25) is 4.79 Å². The molecule has 1 aromatic rings. The van der Waals surface area contributed by atoms with Crippen LogP contribution in [0.5, 0.6) is 0 Å². The number of hydrogen-bond donors (Lipinski definition) is 0. The van der Waals surface area contributed by atoms with Crippen molar-refractivity contribution in [1.82, 2.24) is 4.90 Å². The molecule has 1 saturated heterocycles. The Hall–Kier alpha value is -1.31. The van der Waals surface area contributed by atoms with Crippen molar-refractivity contribution in [2.45, 2.75) is 25.2 Å². The number of likely N-dealkylation sites (tertiary alicyclic amines) is 1. The van der Waals surface area contributed by atoms with Gasteiger partial charge < -0.3 is 4.90 Å². The minimum atomic E-state index is 0.348. The van der Waals surface area contributed by atoms with Crippen LogP contribution in [0, 0.1) is 5.92 Å². The predicted octanol–water partition coefficient (Wildman–Crippen LogP) is 2.41. The second-order valence-electron chi connectivity index (χ2n) is 5.05. The van der Waals surface area contributed by atoms with Crippen LogP contribution in [0.2, 0.25) is 0 Å². The number of benzene rings is 1. The van der Waals surface area contributed by atoms with Gasteiger partial charge in [0, 0.05) is 25.4 Å². The summed E-state index contributed by atoms with van der Waals surface area (Å²) in [5.41, 5.74) is 1.31. The first-order valence-electron chi connectivity index (χ1n) is 6.15. The van der Waals surface area contributed by atoms with E-state index in [4.69, 9.17) is 0 Å². The maximum atomic E-state index is 11.8. The van der Waals surface area contributed by atoms with Gasteiger partial charge in [0.2, 0.25) is 5.91 Å². The number of carbonyl (C=O) groups excluding carboxylic acids is 1. The molecule has 0 bridgehead atoms. The molecule has 0 radical (unpaired) electrons. The van der Waals surface area contributed by atoms with Gasteiger partial charge in [-0.1, -0.05) is 30.3 Å².